The number of amides is 2. The van der Waals surface area contributed by atoms with Crippen LogP contribution in [-0.4, -0.2) is 45.4 Å². The second-order valence-corrected chi connectivity index (χ2v) is 6.79. The first-order chi connectivity index (χ1) is 11.0. The van der Waals surface area contributed by atoms with Gasteiger partial charge in [-0.3, -0.25) is 9.59 Å². The molecule has 23 heavy (non-hydrogen) atoms. The summed E-state index contributed by atoms with van der Waals surface area (Å²) in [6.45, 7) is 0. The van der Waals surface area contributed by atoms with E-state index in [1.165, 1.54) is 4.90 Å². The fourth-order valence-electron chi connectivity index (χ4n) is 4.33. The smallest absolute Gasteiger partial charge is 0.326 e. The Balaban J connectivity index is 1.45. The topological polar surface area (TPSA) is 86.7 Å². The molecule has 2 N–H and O–H groups in total. The number of rotatable bonds is 4. The lowest BCUT2D eigenvalue weighted by Gasteiger charge is -2.25. The van der Waals surface area contributed by atoms with Gasteiger partial charge < -0.3 is 15.3 Å². The number of benzene rings is 1. The Morgan fingerprint density at radius 2 is 2.00 bits per heavy atom. The van der Waals surface area contributed by atoms with Gasteiger partial charge in [0.05, 0.1) is 6.42 Å². The van der Waals surface area contributed by atoms with E-state index in [-0.39, 0.29) is 29.7 Å². The zero-order valence-corrected chi connectivity index (χ0v) is 12.6. The zero-order chi connectivity index (χ0) is 16.2. The summed E-state index contributed by atoms with van der Waals surface area (Å²) in [5.41, 5.74) is 0.590. The van der Waals surface area contributed by atoms with Gasteiger partial charge in [0.25, 0.3) is 0 Å². The molecule has 1 aromatic carbocycles. The Hall–Kier alpha value is -2.37. The Bertz CT molecular complexity index is 689. The summed E-state index contributed by atoms with van der Waals surface area (Å²) >= 11 is 0. The van der Waals surface area contributed by atoms with Gasteiger partial charge in [0.1, 0.15) is 12.1 Å². The summed E-state index contributed by atoms with van der Waals surface area (Å²) in [7, 11) is 0. The minimum atomic E-state index is -0.943. The lowest BCUT2D eigenvalue weighted by atomic mass is 10.1. The second kappa shape index (κ2) is 4.81. The first-order valence-corrected chi connectivity index (χ1v) is 7.90. The van der Waals surface area contributed by atoms with Gasteiger partial charge in [-0.15, -0.1) is 0 Å². The van der Waals surface area contributed by atoms with Crippen molar-refractivity contribution in [1.82, 2.24) is 10.2 Å². The zero-order valence-electron chi connectivity index (χ0n) is 12.6. The molecule has 4 rings (SSSR count). The van der Waals surface area contributed by atoms with Crippen molar-refractivity contribution >= 4 is 17.8 Å². The number of carboxylic acids is 1. The van der Waals surface area contributed by atoms with Crippen LogP contribution >= 0.6 is 0 Å². The van der Waals surface area contributed by atoms with E-state index in [9.17, 15) is 19.5 Å². The van der Waals surface area contributed by atoms with Crippen LogP contribution in [0.4, 0.5) is 0 Å². The van der Waals surface area contributed by atoms with Crippen LogP contribution in [0.5, 0.6) is 0 Å². The van der Waals surface area contributed by atoms with Crippen molar-refractivity contribution in [3.05, 3.63) is 35.9 Å². The molecule has 1 spiro atoms. The molecule has 1 saturated carbocycles. The summed E-state index contributed by atoms with van der Waals surface area (Å²) in [5, 5.41) is 12.1. The maximum atomic E-state index is 12.6. The fraction of sp³-hybridized carbons (Fsp3) is 0.471. The van der Waals surface area contributed by atoms with Crippen LogP contribution < -0.4 is 5.32 Å². The predicted molar refractivity (Wildman–Crippen MR) is 80.4 cm³/mol. The SMILES string of the molecule is O=C(Cc1ccccc1)N[C@H]1C[C@@]23C[C@H]2C[C@H](C(=O)O)N3C1=O. The molecule has 1 aromatic rings. The molecule has 3 aliphatic rings. The summed E-state index contributed by atoms with van der Waals surface area (Å²) < 4.78 is 0. The van der Waals surface area contributed by atoms with Crippen molar-refractivity contribution in [2.24, 2.45) is 5.92 Å². The molecule has 2 heterocycles. The molecule has 2 aliphatic heterocycles. The summed E-state index contributed by atoms with van der Waals surface area (Å²) in [4.78, 5) is 37.6. The molecule has 0 radical (unpaired) electrons. The van der Waals surface area contributed by atoms with Crippen LogP contribution in [0.1, 0.15) is 24.8 Å². The van der Waals surface area contributed by atoms with Crippen LogP contribution in [0, 0.1) is 5.92 Å². The standard InChI is InChI=1S/C17H18N2O4/c20-14(6-10-4-2-1-3-5-10)18-12-9-17-8-11(17)7-13(16(22)23)19(17)15(12)21/h1-5,11-13H,6-9H2,(H,18,20)(H,22,23)/t11-,12+,13-,17+/m1/s1. The normalized spacial score (nSPS) is 34.0. The van der Waals surface area contributed by atoms with Gasteiger partial charge in [-0.05, 0) is 24.3 Å². The predicted octanol–water partition coefficient (Wildman–Crippen LogP) is 0.562. The number of hydrogen-bond donors (Lipinski definition) is 2. The van der Waals surface area contributed by atoms with E-state index in [0.717, 1.165) is 12.0 Å². The molecule has 0 unspecified atom stereocenters. The molecule has 0 aromatic heterocycles. The summed E-state index contributed by atoms with van der Waals surface area (Å²) in [6, 6.07) is 8.04. The molecular weight excluding hydrogens is 296 g/mol. The highest BCUT2D eigenvalue weighted by atomic mass is 16.4. The van der Waals surface area contributed by atoms with Gasteiger partial charge in [-0.1, -0.05) is 30.3 Å². The molecule has 3 fully saturated rings. The molecular formula is C17H18N2O4. The third kappa shape index (κ3) is 2.12. The third-order valence-corrected chi connectivity index (χ3v) is 5.42. The Labute approximate surface area is 133 Å². The lowest BCUT2D eigenvalue weighted by Crippen LogP contribution is -2.47. The quantitative estimate of drug-likeness (QED) is 0.850. The van der Waals surface area contributed by atoms with E-state index < -0.39 is 18.1 Å². The van der Waals surface area contributed by atoms with E-state index in [1.54, 1.807) is 0 Å². The maximum absolute atomic E-state index is 12.6. The Morgan fingerprint density at radius 1 is 1.26 bits per heavy atom. The number of carboxylic acid groups (broad SMARTS) is 1. The molecule has 120 valence electrons. The Morgan fingerprint density at radius 3 is 2.70 bits per heavy atom. The Kier molecular flexibility index (Phi) is 2.98. The van der Waals surface area contributed by atoms with Gasteiger partial charge in [0, 0.05) is 12.0 Å². The number of nitrogens with zero attached hydrogens (tertiary/aromatic N) is 1. The van der Waals surface area contributed by atoms with Crippen molar-refractivity contribution in [3.63, 3.8) is 0 Å². The highest BCUT2D eigenvalue weighted by molar-refractivity contribution is 5.95. The van der Waals surface area contributed by atoms with E-state index in [1.807, 2.05) is 30.3 Å². The van der Waals surface area contributed by atoms with Crippen LogP contribution in [0.2, 0.25) is 0 Å². The number of nitrogens with one attached hydrogen (secondary N) is 1. The highest BCUT2D eigenvalue weighted by Crippen LogP contribution is 2.63. The molecule has 1 aliphatic carbocycles. The largest absolute Gasteiger partial charge is 0.480 e. The van der Waals surface area contributed by atoms with E-state index >= 15 is 0 Å². The average Bonchev–Trinajstić information content (AvgIpc) is 2.98. The van der Waals surface area contributed by atoms with Crippen LogP contribution in [0.25, 0.3) is 0 Å². The van der Waals surface area contributed by atoms with Gasteiger partial charge in [-0.2, -0.15) is 0 Å². The van der Waals surface area contributed by atoms with Crippen LogP contribution in [0.3, 0.4) is 0 Å². The molecule has 0 bridgehead atoms. The van der Waals surface area contributed by atoms with Crippen LogP contribution in [0.15, 0.2) is 30.3 Å². The summed E-state index contributed by atoms with van der Waals surface area (Å²) in [6.07, 6.45) is 2.18. The van der Waals surface area contributed by atoms with Crippen molar-refractivity contribution in [2.45, 2.75) is 43.3 Å². The average molecular weight is 314 g/mol. The second-order valence-electron chi connectivity index (χ2n) is 6.79. The maximum Gasteiger partial charge on any atom is 0.326 e. The van der Waals surface area contributed by atoms with Gasteiger partial charge in [0.15, 0.2) is 0 Å². The number of carbonyl (C=O) groups is 3. The van der Waals surface area contributed by atoms with E-state index in [0.29, 0.717) is 12.8 Å². The van der Waals surface area contributed by atoms with Crippen molar-refractivity contribution < 1.29 is 19.5 Å². The van der Waals surface area contributed by atoms with Gasteiger partial charge >= 0.3 is 5.97 Å². The van der Waals surface area contributed by atoms with Gasteiger partial charge in [0.2, 0.25) is 11.8 Å². The van der Waals surface area contributed by atoms with Crippen molar-refractivity contribution in [1.29, 1.82) is 0 Å². The molecule has 6 nitrogen and oxygen atoms in total. The minimum Gasteiger partial charge on any atom is -0.480 e. The first-order valence-electron chi connectivity index (χ1n) is 7.90. The first kappa shape index (κ1) is 14.2. The third-order valence-electron chi connectivity index (χ3n) is 5.42. The van der Waals surface area contributed by atoms with E-state index in [4.69, 9.17) is 0 Å². The monoisotopic (exact) mass is 314 g/mol. The molecule has 2 saturated heterocycles. The highest BCUT2D eigenvalue weighted by Gasteiger charge is 2.72. The van der Waals surface area contributed by atoms with Crippen molar-refractivity contribution in [3.8, 4) is 0 Å². The number of piperidine rings is 1. The number of carbonyl (C=O) groups excluding carboxylic acids is 2. The molecule has 2 amide bonds. The number of hydrogen-bond acceptors (Lipinski definition) is 3. The lowest BCUT2D eigenvalue weighted by molar-refractivity contribution is -0.149. The number of aliphatic carboxylic acids is 1. The molecule has 4 atom stereocenters. The van der Waals surface area contributed by atoms with Crippen LogP contribution in [-0.2, 0) is 20.8 Å². The summed E-state index contributed by atoms with van der Waals surface area (Å²) in [5.74, 6) is -1.10. The van der Waals surface area contributed by atoms with Crippen molar-refractivity contribution in [2.75, 3.05) is 0 Å². The molecule has 6 heteroatoms. The van der Waals surface area contributed by atoms with Gasteiger partial charge in [-0.25, -0.2) is 4.79 Å². The van der Waals surface area contributed by atoms with E-state index in [2.05, 4.69) is 5.32 Å². The fourth-order valence-corrected chi connectivity index (χ4v) is 4.33. The minimum absolute atomic E-state index is 0.198.